The SMILES string of the molecule is NCCCCC(NC(=O)C(F)(F)F)C(=O)O.[NaH]. The van der Waals surface area contributed by atoms with E-state index >= 15 is 0 Å². The Morgan fingerprint density at radius 3 is 2.18 bits per heavy atom. The third-order valence-electron chi connectivity index (χ3n) is 1.81. The van der Waals surface area contributed by atoms with E-state index in [9.17, 15) is 22.8 Å². The Hall–Kier alpha value is -0.310. The Morgan fingerprint density at radius 2 is 1.82 bits per heavy atom. The van der Waals surface area contributed by atoms with Gasteiger partial charge in [0.25, 0.3) is 0 Å². The minimum absolute atomic E-state index is 0. The van der Waals surface area contributed by atoms with Crippen molar-refractivity contribution >= 4 is 41.4 Å². The first-order chi connectivity index (χ1) is 7.29. The number of nitrogens with one attached hydrogen (secondary N) is 1. The summed E-state index contributed by atoms with van der Waals surface area (Å²) in [6.07, 6.45) is -4.31. The van der Waals surface area contributed by atoms with Crippen LogP contribution in [0.4, 0.5) is 13.2 Å². The topological polar surface area (TPSA) is 92.4 Å². The predicted molar refractivity (Wildman–Crippen MR) is 55.7 cm³/mol. The zero-order valence-corrected chi connectivity index (χ0v) is 8.38. The molecular weight excluding hydrogens is 252 g/mol. The fraction of sp³-hybridized carbons (Fsp3) is 0.750. The van der Waals surface area contributed by atoms with E-state index in [1.165, 1.54) is 5.32 Å². The number of hydrogen-bond acceptors (Lipinski definition) is 3. The van der Waals surface area contributed by atoms with Crippen LogP contribution in [0.2, 0.25) is 0 Å². The molecule has 0 rings (SSSR count). The van der Waals surface area contributed by atoms with Gasteiger partial charge in [0, 0.05) is 0 Å². The van der Waals surface area contributed by atoms with Gasteiger partial charge in [-0.15, -0.1) is 0 Å². The van der Waals surface area contributed by atoms with Crippen molar-refractivity contribution in [1.29, 1.82) is 0 Å². The van der Waals surface area contributed by atoms with Crippen molar-refractivity contribution in [2.24, 2.45) is 5.73 Å². The molecule has 0 saturated carbocycles. The first kappa shape index (κ1) is 19.0. The predicted octanol–water partition coefficient (Wildman–Crippen LogP) is -0.401. The number of aliphatic carboxylic acids is 1. The van der Waals surface area contributed by atoms with Gasteiger partial charge in [-0.2, -0.15) is 13.2 Å². The number of unbranched alkanes of at least 4 members (excludes halogenated alkanes) is 1. The van der Waals surface area contributed by atoms with Crippen LogP contribution in [0.3, 0.4) is 0 Å². The number of carboxylic acid groups (broad SMARTS) is 1. The summed E-state index contributed by atoms with van der Waals surface area (Å²) in [7, 11) is 0. The number of carbonyl (C=O) groups is 2. The molecule has 1 atom stereocenters. The van der Waals surface area contributed by atoms with E-state index in [0.29, 0.717) is 19.4 Å². The van der Waals surface area contributed by atoms with Crippen LogP contribution in [0.1, 0.15) is 19.3 Å². The molecule has 0 aromatic heterocycles. The first-order valence-electron chi connectivity index (χ1n) is 4.59. The molecule has 0 spiro atoms. The first-order valence-corrected chi connectivity index (χ1v) is 4.59. The molecule has 1 unspecified atom stereocenters. The van der Waals surface area contributed by atoms with Gasteiger partial charge < -0.3 is 16.2 Å². The number of carboxylic acids is 1. The number of alkyl halides is 3. The quantitative estimate of drug-likeness (QED) is 0.450. The monoisotopic (exact) mass is 266 g/mol. The molecule has 0 fully saturated rings. The van der Waals surface area contributed by atoms with Gasteiger partial charge in [-0.25, -0.2) is 4.79 Å². The van der Waals surface area contributed by atoms with E-state index in [1.54, 1.807) is 0 Å². The third kappa shape index (κ3) is 8.42. The summed E-state index contributed by atoms with van der Waals surface area (Å²) in [6, 6.07) is -1.53. The number of hydrogen-bond donors (Lipinski definition) is 3. The van der Waals surface area contributed by atoms with Crippen LogP contribution in [0.5, 0.6) is 0 Å². The molecule has 0 heterocycles. The maximum atomic E-state index is 11.8. The van der Waals surface area contributed by atoms with Crippen LogP contribution in [0.25, 0.3) is 0 Å². The summed E-state index contributed by atoms with van der Waals surface area (Å²) in [6.45, 7) is 0.319. The molecule has 0 aliphatic carbocycles. The molecule has 9 heteroatoms. The van der Waals surface area contributed by atoms with Gasteiger partial charge in [0.2, 0.25) is 0 Å². The van der Waals surface area contributed by atoms with Crippen LogP contribution < -0.4 is 11.1 Å². The molecule has 0 aromatic carbocycles. The van der Waals surface area contributed by atoms with Crippen molar-refractivity contribution < 1.29 is 27.9 Å². The summed E-state index contributed by atoms with van der Waals surface area (Å²) >= 11 is 0. The van der Waals surface area contributed by atoms with Crippen LogP contribution >= 0.6 is 0 Å². The van der Waals surface area contributed by atoms with Gasteiger partial charge in [0.1, 0.15) is 6.04 Å². The van der Waals surface area contributed by atoms with Gasteiger partial charge in [0.05, 0.1) is 0 Å². The fourth-order valence-electron chi connectivity index (χ4n) is 0.990. The van der Waals surface area contributed by atoms with E-state index in [4.69, 9.17) is 10.8 Å². The van der Waals surface area contributed by atoms with Crippen molar-refractivity contribution in [2.75, 3.05) is 6.54 Å². The summed E-state index contributed by atoms with van der Waals surface area (Å²) in [4.78, 5) is 21.0. The summed E-state index contributed by atoms with van der Waals surface area (Å²) in [5, 5.41) is 9.98. The molecule has 5 nitrogen and oxygen atoms in total. The van der Waals surface area contributed by atoms with E-state index in [0.717, 1.165) is 0 Å². The third-order valence-corrected chi connectivity index (χ3v) is 1.81. The Morgan fingerprint density at radius 1 is 1.29 bits per heavy atom. The van der Waals surface area contributed by atoms with Crippen LogP contribution in [0, 0.1) is 0 Å². The van der Waals surface area contributed by atoms with E-state index in [1.807, 2.05) is 0 Å². The zero-order valence-electron chi connectivity index (χ0n) is 8.38. The number of halogens is 3. The molecular formula is C8H14F3N2NaO3. The van der Waals surface area contributed by atoms with Gasteiger partial charge in [0.15, 0.2) is 0 Å². The van der Waals surface area contributed by atoms with Crippen molar-refractivity contribution in [1.82, 2.24) is 5.32 Å². The zero-order chi connectivity index (χ0) is 12.8. The second-order valence-electron chi connectivity index (χ2n) is 3.15. The molecule has 0 aliphatic heterocycles. The van der Waals surface area contributed by atoms with Crippen molar-refractivity contribution in [2.45, 2.75) is 31.5 Å². The number of nitrogens with two attached hydrogens (primary N) is 1. The second-order valence-corrected chi connectivity index (χ2v) is 3.15. The molecule has 1 amide bonds. The Labute approximate surface area is 118 Å². The van der Waals surface area contributed by atoms with Gasteiger partial charge in [-0.1, -0.05) is 0 Å². The molecule has 17 heavy (non-hydrogen) atoms. The van der Waals surface area contributed by atoms with Gasteiger partial charge >= 0.3 is 47.6 Å². The summed E-state index contributed by atoms with van der Waals surface area (Å²) < 4.78 is 35.5. The molecule has 96 valence electrons. The van der Waals surface area contributed by atoms with Crippen molar-refractivity contribution in [3.05, 3.63) is 0 Å². The van der Waals surface area contributed by atoms with Gasteiger partial charge in [-0.3, -0.25) is 4.79 Å². The minimum atomic E-state index is -5.07. The molecule has 0 saturated heterocycles. The normalized spacial score (nSPS) is 12.5. The maximum absolute atomic E-state index is 11.8. The number of amides is 1. The molecule has 0 aliphatic rings. The average Bonchev–Trinajstić information content (AvgIpc) is 2.14. The van der Waals surface area contributed by atoms with Crippen molar-refractivity contribution in [3.63, 3.8) is 0 Å². The molecule has 4 N–H and O–H groups in total. The fourth-order valence-corrected chi connectivity index (χ4v) is 0.990. The van der Waals surface area contributed by atoms with Crippen molar-refractivity contribution in [3.8, 4) is 0 Å². The Kier molecular flexibility index (Phi) is 9.78. The van der Waals surface area contributed by atoms with E-state index in [-0.39, 0.29) is 36.0 Å². The van der Waals surface area contributed by atoms with Crippen LogP contribution in [0.15, 0.2) is 0 Å². The standard InChI is InChI=1S/C8H13F3N2O3.Na.H/c9-8(10,11)7(16)13-5(6(14)15)3-1-2-4-12;;/h5H,1-4,12H2,(H,13,16)(H,14,15);;. The summed E-state index contributed by atoms with van der Waals surface area (Å²) in [5.41, 5.74) is 5.15. The van der Waals surface area contributed by atoms with E-state index in [2.05, 4.69) is 0 Å². The Balaban J connectivity index is 0. The number of rotatable bonds is 6. The molecule has 0 bridgehead atoms. The van der Waals surface area contributed by atoms with Gasteiger partial charge in [-0.05, 0) is 25.8 Å². The summed E-state index contributed by atoms with van der Waals surface area (Å²) in [5.74, 6) is -3.73. The van der Waals surface area contributed by atoms with Crippen LogP contribution in [-0.4, -0.2) is 65.3 Å². The second kappa shape index (κ2) is 8.73. The average molecular weight is 266 g/mol. The molecule has 0 aromatic rings. The van der Waals surface area contributed by atoms with Crippen LogP contribution in [-0.2, 0) is 9.59 Å². The molecule has 0 radical (unpaired) electrons. The number of carbonyl (C=O) groups excluding carboxylic acids is 1. The van der Waals surface area contributed by atoms with E-state index < -0.39 is 24.1 Å². The Bertz CT molecular complexity index is 261.